The molecule has 0 saturated carbocycles. The molecular weight excluding hydrogens is 541 g/mol. The molecule has 0 unspecified atom stereocenters. The van der Waals surface area contributed by atoms with E-state index in [1.165, 1.54) is 20.2 Å². The topological polar surface area (TPSA) is 159 Å². The van der Waals surface area contributed by atoms with Crippen LogP contribution in [-0.4, -0.2) is 76.5 Å². The Morgan fingerprint density at radius 1 is 1.11 bits per heavy atom. The van der Waals surface area contributed by atoms with Crippen LogP contribution in [0, 0.1) is 0 Å². The number of carbonyl (C=O) groups is 2. The summed E-state index contributed by atoms with van der Waals surface area (Å²) in [5, 5.41) is 36.9. The third-order valence-electron chi connectivity index (χ3n) is 5.96. The van der Waals surface area contributed by atoms with Gasteiger partial charge in [-0.15, -0.1) is 0 Å². The normalized spacial score (nSPS) is 23.1. The summed E-state index contributed by atoms with van der Waals surface area (Å²) in [4.78, 5) is 28.3. The Labute approximate surface area is 227 Å². The molecule has 2 heterocycles. The van der Waals surface area contributed by atoms with E-state index >= 15 is 0 Å². The number of ether oxygens (including phenoxy) is 3. The van der Waals surface area contributed by atoms with Gasteiger partial charge in [0.25, 0.3) is 0 Å². The fourth-order valence-corrected chi connectivity index (χ4v) is 4.44. The molecule has 5 N–H and O–H groups in total. The standard InChI is InChI=1S/C25H25Cl2N3O8/c1-11(32)29-21-23(34)22(33)17(10-31)38-25(21)37-13-5-3-12(4-6-13)30-19-14-7-8-16(26)18(27)20(14)28-9-15(19)24(35)36-2/h3-9,17,21-23,25,31,33-34H,10H2,1-2H3,(H,28,30)(H,29,32)/t17-,21+,22+,23+,25-/m0/s1. The average molecular weight is 566 g/mol. The Bertz CT molecular complexity index is 1340. The monoisotopic (exact) mass is 565 g/mol. The fraction of sp³-hybridized carbons (Fsp3) is 0.320. The molecule has 38 heavy (non-hydrogen) atoms. The van der Waals surface area contributed by atoms with Crippen LogP contribution in [0.15, 0.2) is 42.6 Å². The Balaban J connectivity index is 1.61. The van der Waals surface area contributed by atoms with Crippen molar-refractivity contribution >= 4 is 57.4 Å². The first-order valence-corrected chi connectivity index (χ1v) is 12.2. The number of halogens is 2. The number of aromatic nitrogens is 1. The predicted molar refractivity (Wildman–Crippen MR) is 139 cm³/mol. The molecule has 0 radical (unpaired) electrons. The van der Waals surface area contributed by atoms with E-state index in [2.05, 4.69) is 15.6 Å². The summed E-state index contributed by atoms with van der Waals surface area (Å²) in [6.45, 7) is 0.687. The molecule has 4 rings (SSSR count). The van der Waals surface area contributed by atoms with Crippen LogP contribution in [0.5, 0.6) is 5.75 Å². The molecule has 1 fully saturated rings. The molecule has 1 amide bonds. The minimum Gasteiger partial charge on any atom is -0.465 e. The zero-order chi connectivity index (χ0) is 27.6. The number of hydrogen-bond acceptors (Lipinski definition) is 10. The Morgan fingerprint density at radius 2 is 1.82 bits per heavy atom. The van der Waals surface area contributed by atoms with Crippen molar-refractivity contribution in [2.24, 2.45) is 0 Å². The van der Waals surface area contributed by atoms with Crippen molar-refractivity contribution in [3.05, 3.63) is 58.2 Å². The number of methoxy groups -OCH3 is 1. The van der Waals surface area contributed by atoms with E-state index in [1.807, 2.05) is 0 Å². The second kappa shape index (κ2) is 11.7. The molecule has 0 aliphatic carbocycles. The van der Waals surface area contributed by atoms with Gasteiger partial charge in [0, 0.05) is 24.2 Å². The largest absolute Gasteiger partial charge is 0.465 e. The number of nitrogens with one attached hydrogen (secondary N) is 2. The van der Waals surface area contributed by atoms with Gasteiger partial charge in [-0.25, -0.2) is 4.79 Å². The van der Waals surface area contributed by atoms with Crippen LogP contribution >= 0.6 is 23.2 Å². The minimum absolute atomic E-state index is 0.176. The average Bonchev–Trinajstić information content (AvgIpc) is 2.91. The third kappa shape index (κ3) is 5.63. The molecule has 11 nitrogen and oxygen atoms in total. The van der Waals surface area contributed by atoms with E-state index in [0.717, 1.165) is 0 Å². The highest BCUT2D eigenvalue weighted by Crippen LogP contribution is 2.36. The van der Waals surface area contributed by atoms with Gasteiger partial charge in [0.15, 0.2) is 0 Å². The summed E-state index contributed by atoms with van der Waals surface area (Å²) in [5.41, 5.74) is 1.54. The van der Waals surface area contributed by atoms with Gasteiger partial charge >= 0.3 is 5.97 Å². The lowest BCUT2D eigenvalue weighted by molar-refractivity contribution is -0.244. The molecule has 1 aliphatic rings. The molecule has 1 saturated heterocycles. The van der Waals surface area contributed by atoms with E-state index in [9.17, 15) is 24.9 Å². The van der Waals surface area contributed by atoms with Gasteiger partial charge in [-0.2, -0.15) is 0 Å². The van der Waals surface area contributed by atoms with Crippen LogP contribution in [0.1, 0.15) is 17.3 Å². The highest BCUT2D eigenvalue weighted by Gasteiger charge is 2.46. The molecule has 0 spiro atoms. The van der Waals surface area contributed by atoms with Crippen molar-refractivity contribution < 1.29 is 39.1 Å². The fourth-order valence-electron chi connectivity index (χ4n) is 4.07. The second-order valence-corrected chi connectivity index (χ2v) is 9.28. The number of fused-ring (bicyclic) bond motifs is 1. The van der Waals surface area contributed by atoms with Crippen molar-refractivity contribution in [2.75, 3.05) is 19.0 Å². The first-order valence-electron chi connectivity index (χ1n) is 11.4. The number of aliphatic hydroxyl groups is 3. The summed E-state index contributed by atoms with van der Waals surface area (Å²) in [7, 11) is 1.26. The highest BCUT2D eigenvalue weighted by atomic mass is 35.5. The summed E-state index contributed by atoms with van der Waals surface area (Å²) in [5.74, 6) is -0.767. The lowest BCUT2D eigenvalue weighted by Crippen LogP contribution is -2.65. The molecule has 202 valence electrons. The van der Waals surface area contributed by atoms with Gasteiger partial charge in [-0.1, -0.05) is 23.2 Å². The predicted octanol–water partition coefficient (Wildman–Crippen LogP) is 2.39. The maximum Gasteiger partial charge on any atom is 0.341 e. The van der Waals surface area contributed by atoms with Gasteiger partial charge < -0.3 is 40.2 Å². The minimum atomic E-state index is -1.44. The first-order chi connectivity index (χ1) is 18.1. The smallest absolute Gasteiger partial charge is 0.341 e. The third-order valence-corrected chi connectivity index (χ3v) is 6.76. The Hall–Kier alpha value is -3.19. The highest BCUT2D eigenvalue weighted by molar-refractivity contribution is 6.45. The van der Waals surface area contributed by atoms with Crippen molar-refractivity contribution in [3.8, 4) is 5.75 Å². The number of anilines is 2. The van der Waals surface area contributed by atoms with Crippen molar-refractivity contribution in [2.45, 2.75) is 37.6 Å². The van der Waals surface area contributed by atoms with E-state index < -0.39 is 49.1 Å². The van der Waals surface area contributed by atoms with Crippen LogP contribution in [0.3, 0.4) is 0 Å². The van der Waals surface area contributed by atoms with Gasteiger partial charge in [-0.3, -0.25) is 9.78 Å². The molecule has 3 aromatic rings. The number of nitrogens with zero attached hydrogens (tertiary/aromatic N) is 1. The van der Waals surface area contributed by atoms with Crippen molar-refractivity contribution in [3.63, 3.8) is 0 Å². The second-order valence-electron chi connectivity index (χ2n) is 8.50. The number of hydrogen-bond donors (Lipinski definition) is 5. The molecule has 2 aromatic carbocycles. The van der Waals surface area contributed by atoms with Crippen LogP contribution < -0.4 is 15.4 Å². The molecule has 1 aliphatic heterocycles. The lowest BCUT2D eigenvalue weighted by atomic mass is 9.97. The molecule has 5 atom stereocenters. The van der Waals surface area contributed by atoms with Gasteiger partial charge in [0.2, 0.25) is 12.2 Å². The Kier molecular flexibility index (Phi) is 8.56. The zero-order valence-electron chi connectivity index (χ0n) is 20.2. The van der Waals surface area contributed by atoms with Crippen LogP contribution in [-0.2, 0) is 14.3 Å². The molecule has 0 bridgehead atoms. The first kappa shape index (κ1) is 27.8. The number of amides is 1. The van der Waals surface area contributed by atoms with Crippen LogP contribution in [0.4, 0.5) is 11.4 Å². The van der Waals surface area contributed by atoms with Gasteiger partial charge in [-0.05, 0) is 36.4 Å². The summed E-state index contributed by atoms with van der Waals surface area (Å²) in [6, 6.07) is 8.68. The van der Waals surface area contributed by atoms with Gasteiger partial charge in [0.05, 0.1) is 35.0 Å². The number of rotatable bonds is 7. The number of aliphatic hydroxyl groups excluding tert-OH is 3. The number of pyridine rings is 1. The van der Waals surface area contributed by atoms with Gasteiger partial charge in [0.1, 0.15) is 35.7 Å². The summed E-state index contributed by atoms with van der Waals surface area (Å²) < 4.78 is 16.3. The molecular formula is C25H25Cl2N3O8. The van der Waals surface area contributed by atoms with Crippen LogP contribution in [0.2, 0.25) is 10.0 Å². The lowest BCUT2D eigenvalue weighted by Gasteiger charge is -2.42. The van der Waals surface area contributed by atoms with E-state index in [1.54, 1.807) is 36.4 Å². The maximum absolute atomic E-state index is 12.4. The quantitative estimate of drug-likeness (QED) is 0.269. The Morgan fingerprint density at radius 3 is 2.45 bits per heavy atom. The summed E-state index contributed by atoms with van der Waals surface area (Å²) >= 11 is 12.4. The zero-order valence-corrected chi connectivity index (χ0v) is 21.7. The van der Waals surface area contributed by atoms with E-state index in [4.69, 9.17) is 37.4 Å². The number of carbonyl (C=O) groups excluding carboxylic acids is 2. The van der Waals surface area contributed by atoms with Crippen molar-refractivity contribution in [1.82, 2.24) is 10.3 Å². The van der Waals surface area contributed by atoms with Crippen LogP contribution in [0.25, 0.3) is 10.9 Å². The van der Waals surface area contributed by atoms with E-state index in [-0.39, 0.29) is 10.6 Å². The molecule has 13 heteroatoms. The van der Waals surface area contributed by atoms with E-state index in [0.29, 0.717) is 33.0 Å². The SMILES string of the molecule is COC(=O)c1cnc2c(Cl)c(Cl)ccc2c1Nc1ccc(O[C@H]2O[C@@H](CO)[C@@H](O)[C@H](O)[C@H]2NC(C)=O)cc1. The summed E-state index contributed by atoms with van der Waals surface area (Å²) in [6.07, 6.45) is -3.83. The van der Waals surface area contributed by atoms with Crippen molar-refractivity contribution in [1.29, 1.82) is 0 Å². The molecule has 1 aromatic heterocycles. The number of benzene rings is 2. The number of esters is 1. The maximum atomic E-state index is 12.4.